The number of hydrogen-bond acceptors (Lipinski definition) is 3. The summed E-state index contributed by atoms with van der Waals surface area (Å²) in [4.78, 5) is 4.34. The normalized spacial score (nSPS) is 14.9. The Morgan fingerprint density at radius 3 is 2.57 bits per heavy atom. The van der Waals surface area contributed by atoms with E-state index in [1.54, 1.807) is 0 Å². The molecule has 6 heteroatoms. The predicted molar refractivity (Wildman–Crippen MR) is 95.7 cm³/mol. The molecule has 1 aromatic rings. The predicted octanol–water partition coefficient (Wildman–Crippen LogP) is 2.67. The van der Waals surface area contributed by atoms with Crippen LogP contribution < -0.4 is 20.5 Å². The maximum atomic E-state index is 5.85. The third kappa shape index (κ3) is 5.99. The molecule has 0 unspecified atom stereocenters. The molecule has 5 nitrogen and oxygen atoms in total. The zero-order chi connectivity index (χ0) is 14.6. The van der Waals surface area contributed by atoms with E-state index in [4.69, 9.17) is 15.2 Å². The maximum absolute atomic E-state index is 5.85. The number of rotatable bonds is 2. The molecule has 3 N–H and O–H groups in total. The van der Waals surface area contributed by atoms with E-state index in [1.807, 2.05) is 39.0 Å². The van der Waals surface area contributed by atoms with Crippen LogP contribution in [-0.4, -0.2) is 24.7 Å². The Kier molecular flexibility index (Phi) is 6.57. The van der Waals surface area contributed by atoms with Crippen LogP contribution in [0.5, 0.6) is 11.5 Å². The number of guanidine groups is 1. The van der Waals surface area contributed by atoms with E-state index in [0.717, 1.165) is 23.5 Å². The Balaban J connectivity index is 0.00000220. The lowest BCUT2D eigenvalue weighted by Gasteiger charge is -2.21. The second-order valence-corrected chi connectivity index (χ2v) is 5.91. The van der Waals surface area contributed by atoms with Gasteiger partial charge in [0.15, 0.2) is 17.5 Å². The SMILES string of the molecule is CC(C)(C)NC(N)=NCc1ccc2c(c1)OCCCO2.I. The lowest BCUT2D eigenvalue weighted by Crippen LogP contribution is -2.44. The van der Waals surface area contributed by atoms with Gasteiger partial charge in [0.1, 0.15) is 0 Å². The summed E-state index contributed by atoms with van der Waals surface area (Å²) in [7, 11) is 0. The molecule has 21 heavy (non-hydrogen) atoms. The van der Waals surface area contributed by atoms with Crippen molar-refractivity contribution in [1.82, 2.24) is 5.32 Å². The quantitative estimate of drug-likeness (QED) is 0.451. The first-order valence-electron chi connectivity index (χ1n) is 6.91. The summed E-state index contributed by atoms with van der Waals surface area (Å²) >= 11 is 0. The minimum Gasteiger partial charge on any atom is -0.490 e. The number of ether oxygens (including phenoxy) is 2. The highest BCUT2D eigenvalue weighted by molar-refractivity contribution is 14.0. The van der Waals surface area contributed by atoms with Crippen LogP contribution in [0.25, 0.3) is 0 Å². The Bertz CT molecular complexity index is 498. The van der Waals surface area contributed by atoms with Gasteiger partial charge in [0.2, 0.25) is 0 Å². The molecule has 0 radical (unpaired) electrons. The lowest BCUT2D eigenvalue weighted by molar-refractivity contribution is 0.297. The van der Waals surface area contributed by atoms with Crippen molar-refractivity contribution >= 4 is 29.9 Å². The summed E-state index contributed by atoms with van der Waals surface area (Å²) in [6.45, 7) is 8.04. The van der Waals surface area contributed by atoms with E-state index in [-0.39, 0.29) is 29.5 Å². The molecule has 0 aromatic heterocycles. The first-order chi connectivity index (χ1) is 9.44. The van der Waals surface area contributed by atoms with Crippen molar-refractivity contribution in [2.24, 2.45) is 10.7 Å². The van der Waals surface area contributed by atoms with Crippen LogP contribution in [-0.2, 0) is 6.54 Å². The first-order valence-corrected chi connectivity index (χ1v) is 6.91. The third-order valence-electron chi connectivity index (χ3n) is 2.75. The highest BCUT2D eigenvalue weighted by Gasteiger charge is 2.11. The highest BCUT2D eigenvalue weighted by atomic mass is 127. The molecule has 0 bridgehead atoms. The molecule has 0 fully saturated rings. The smallest absolute Gasteiger partial charge is 0.189 e. The van der Waals surface area contributed by atoms with E-state index in [2.05, 4.69) is 10.3 Å². The molecule has 1 heterocycles. The topological polar surface area (TPSA) is 68.9 Å². The van der Waals surface area contributed by atoms with Crippen LogP contribution in [0, 0.1) is 0 Å². The number of halogens is 1. The van der Waals surface area contributed by atoms with Gasteiger partial charge in [-0.25, -0.2) is 4.99 Å². The molecular weight excluding hydrogens is 381 g/mol. The summed E-state index contributed by atoms with van der Waals surface area (Å²) in [6.07, 6.45) is 0.907. The summed E-state index contributed by atoms with van der Waals surface area (Å²) in [5.74, 6) is 2.04. The maximum Gasteiger partial charge on any atom is 0.189 e. The molecule has 0 aliphatic carbocycles. The number of aliphatic imine (C=N–C) groups is 1. The van der Waals surface area contributed by atoms with Gasteiger partial charge in [-0.15, -0.1) is 24.0 Å². The average Bonchev–Trinajstić information content (AvgIpc) is 2.58. The number of nitrogens with zero attached hydrogens (tertiary/aromatic N) is 1. The van der Waals surface area contributed by atoms with Gasteiger partial charge in [-0.2, -0.15) is 0 Å². The monoisotopic (exact) mass is 405 g/mol. The zero-order valence-corrected chi connectivity index (χ0v) is 15.1. The molecule has 0 amide bonds. The van der Waals surface area contributed by atoms with Gasteiger partial charge >= 0.3 is 0 Å². The van der Waals surface area contributed by atoms with E-state index in [0.29, 0.717) is 25.7 Å². The standard InChI is InChI=1S/C15H23N3O2.HI/c1-15(2,3)18-14(16)17-10-11-5-6-12-13(9-11)20-8-4-7-19-12;/h5-6,9H,4,7-8,10H2,1-3H3,(H3,16,17,18);1H. The van der Waals surface area contributed by atoms with Crippen LogP contribution >= 0.6 is 24.0 Å². The van der Waals surface area contributed by atoms with E-state index < -0.39 is 0 Å². The number of benzene rings is 1. The van der Waals surface area contributed by atoms with Gasteiger partial charge in [0.25, 0.3) is 0 Å². The molecular formula is C15H24IN3O2. The number of nitrogens with two attached hydrogens (primary N) is 1. The first kappa shape index (κ1) is 17.9. The van der Waals surface area contributed by atoms with Crippen molar-refractivity contribution in [2.75, 3.05) is 13.2 Å². The fourth-order valence-corrected chi connectivity index (χ4v) is 1.91. The van der Waals surface area contributed by atoms with Crippen molar-refractivity contribution in [2.45, 2.75) is 39.3 Å². The minimum atomic E-state index is -0.0850. The second-order valence-electron chi connectivity index (χ2n) is 5.91. The zero-order valence-electron chi connectivity index (χ0n) is 12.8. The molecule has 2 rings (SSSR count). The van der Waals surface area contributed by atoms with Crippen molar-refractivity contribution in [3.63, 3.8) is 0 Å². The van der Waals surface area contributed by atoms with Crippen molar-refractivity contribution in [1.29, 1.82) is 0 Å². The summed E-state index contributed by atoms with van der Waals surface area (Å²) in [5, 5.41) is 3.13. The molecule has 0 atom stereocenters. The summed E-state index contributed by atoms with van der Waals surface area (Å²) in [5.41, 5.74) is 6.82. The number of fused-ring (bicyclic) bond motifs is 1. The molecule has 0 saturated carbocycles. The minimum absolute atomic E-state index is 0. The van der Waals surface area contributed by atoms with Gasteiger partial charge in [0, 0.05) is 12.0 Å². The van der Waals surface area contributed by atoms with E-state index in [9.17, 15) is 0 Å². The van der Waals surface area contributed by atoms with Crippen molar-refractivity contribution in [3.8, 4) is 11.5 Å². The Morgan fingerprint density at radius 2 is 1.90 bits per heavy atom. The van der Waals surface area contributed by atoms with Gasteiger partial charge in [-0.3, -0.25) is 0 Å². The van der Waals surface area contributed by atoms with Gasteiger partial charge in [-0.1, -0.05) is 6.07 Å². The number of hydrogen-bond donors (Lipinski definition) is 2. The molecule has 1 aliphatic heterocycles. The average molecular weight is 405 g/mol. The van der Waals surface area contributed by atoms with Crippen LogP contribution in [0.1, 0.15) is 32.8 Å². The van der Waals surface area contributed by atoms with E-state index >= 15 is 0 Å². The van der Waals surface area contributed by atoms with Crippen LogP contribution in [0.4, 0.5) is 0 Å². The number of nitrogens with one attached hydrogen (secondary N) is 1. The Hall–Kier alpha value is -1.18. The Labute approximate surface area is 143 Å². The molecule has 0 saturated heterocycles. The van der Waals surface area contributed by atoms with Crippen molar-refractivity contribution in [3.05, 3.63) is 23.8 Å². The van der Waals surface area contributed by atoms with E-state index in [1.165, 1.54) is 0 Å². The molecule has 0 spiro atoms. The van der Waals surface area contributed by atoms with Gasteiger partial charge in [-0.05, 0) is 38.5 Å². The largest absolute Gasteiger partial charge is 0.490 e. The molecule has 1 aliphatic rings. The van der Waals surface area contributed by atoms with Crippen LogP contribution in [0.2, 0.25) is 0 Å². The fourth-order valence-electron chi connectivity index (χ4n) is 1.91. The second kappa shape index (κ2) is 7.72. The fraction of sp³-hybridized carbons (Fsp3) is 0.533. The molecule has 118 valence electrons. The molecule has 1 aromatic carbocycles. The van der Waals surface area contributed by atoms with Gasteiger partial charge in [0.05, 0.1) is 19.8 Å². The van der Waals surface area contributed by atoms with Crippen LogP contribution in [0.3, 0.4) is 0 Å². The summed E-state index contributed by atoms with van der Waals surface area (Å²) in [6, 6.07) is 5.88. The third-order valence-corrected chi connectivity index (χ3v) is 2.75. The lowest BCUT2D eigenvalue weighted by atomic mass is 10.1. The van der Waals surface area contributed by atoms with Gasteiger partial charge < -0.3 is 20.5 Å². The van der Waals surface area contributed by atoms with Crippen LogP contribution in [0.15, 0.2) is 23.2 Å². The highest BCUT2D eigenvalue weighted by Crippen LogP contribution is 2.30. The summed E-state index contributed by atoms with van der Waals surface area (Å²) < 4.78 is 11.3. The Morgan fingerprint density at radius 1 is 1.24 bits per heavy atom. The van der Waals surface area contributed by atoms with Crippen molar-refractivity contribution < 1.29 is 9.47 Å².